The molecule has 0 aromatic heterocycles. The molecule has 18 heavy (non-hydrogen) atoms. The van der Waals surface area contributed by atoms with E-state index >= 15 is 0 Å². The molecule has 6 heteroatoms. The standard InChI is InChI=1S/C12H24N4O2/c1-4-14-12(18)16-7-5-15(6-8-16)11(17)10(13)9(2)3/h9-10H,4-8,13H2,1-3H3,(H,14,18)/t10-/m1/s1. The molecule has 0 aromatic rings. The van der Waals surface area contributed by atoms with E-state index in [0.717, 1.165) is 0 Å². The minimum atomic E-state index is -0.444. The Kier molecular flexibility index (Phi) is 5.40. The lowest BCUT2D eigenvalue weighted by Crippen LogP contribution is -2.56. The summed E-state index contributed by atoms with van der Waals surface area (Å²) < 4.78 is 0. The van der Waals surface area contributed by atoms with E-state index in [1.807, 2.05) is 20.8 Å². The van der Waals surface area contributed by atoms with Crippen LogP contribution in [0, 0.1) is 5.92 Å². The molecule has 3 amide bonds. The Morgan fingerprint density at radius 2 is 1.67 bits per heavy atom. The van der Waals surface area contributed by atoms with Crippen LogP contribution < -0.4 is 11.1 Å². The number of amides is 3. The van der Waals surface area contributed by atoms with Crippen molar-refractivity contribution >= 4 is 11.9 Å². The van der Waals surface area contributed by atoms with Gasteiger partial charge in [-0.3, -0.25) is 4.79 Å². The van der Waals surface area contributed by atoms with Crippen molar-refractivity contribution in [3.8, 4) is 0 Å². The number of piperazine rings is 1. The highest BCUT2D eigenvalue weighted by molar-refractivity contribution is 5.82. The van der Waals surface area contributed by atoms with Crippen LogP contribution in [0.3, 0.4) is 0 Å². The summed E-state index contributed by atoms with van der Waals surface area (Å²) in [7, 11) is 0. The van der Waals surface area contributed by atoms with Gasteiger partial charge in [-0.05, 0) is 12.8 Å². The van der Waals surface area contributed by atoms with Gasteiger partial charge in [0.25, 0.3) is 0 Å². The third kappa shape index (κ3) is 3.60. The minimum absolute atomic E-state index is 0.0134. The van der Waals surface area contributed by atoms with Gasteiger partial charge in [0.2, 0.25) is 5.91 Å². The van der Waals surface area contributed by atoms with Gasteiger partial charge in [-0.1, -0.05) is 13.8 Å². The van der Waals surface area contributed by atoms with Gasteiger partial charge in [-0.25, -0.2) is 4.79 Å². The molecule has 6 nitrogen and oxygen atoms in total. The van der Waals surface area contributed by atoms with Crippen LogP contribution in [-0.2, 0) is 4.79 Å². The SMILES string of the molecule is CCNC(=O)N1CCN(C(=O)[C@H](N)C(C)C)CC1. The summed E-state index contributed by atoms with van der Waals surface area (Å²) in [5, 5.41) is 2.76. The quantitative estimate of drug-likeness (QED) is 0.736. The van der Waals surface area contributed by atoms with Gasteiger partial charge in [-0.2, -0.15) is 0 Å². The number of urea groups is 1. The molecular formula is C12H24N4O2. The monoisotopic (exact) mass is 256 g/mol. The fraction of sp³-hybridized carbons (Fsp3) is 0.833. The second-order valence-corrected chi connectivity index (χ2v) is 4.92. The summed E-state index contributed by atoms with van der Waals surface area (Å²) in [4.78, 5) is 27.1. The number of carbonyl (C=O) groups is 2. The first-order valence-electron chi connectivity index (χ1n) is 6.54. The van der Waals surface area contributed by atoms with Crippen LogP contribution in [0.2, 0.25) is 0 Å². The van der Waals surface area contributed by atoms with Gasteiger partial charge in [0.05, 0.1) is 6.04 Å². The van der Waals surface area contributed by atoms with Gasteiger partial charge >= 0.3 is 6.03 Å². The summed E-state index contributed by atoms with van der Waals surface area (Å²) >= 11 is 0. The predicted octanol–water partition coefficient (Wildman–Crippen LogP) is -0.157. The average Bonchev–Trinajstić information content (AvgIpc) is 2.37. The normalized spacial score (nSPS) is 17.8. The highest BCUT2D eigenvalue weighted by Gasteiger charge is 2.28. The maximum Gasteiger partial charge on any atom is 0.317 e. The third-order valence-electron chi connectivity index (χ3n) is 3.21. The van der Waals surface area contributed by atoms with Crippen LogP contribution in [0.15, 0.2) is 0 Å². The lowest BCUT2D eigenvalue weighted by atomic mass is 10.0. The number of rotatable bonds is 3. The maximum absolute atomic E-state index is 12.0. The second kappa shape index (κ2) is 6.58. The number of nitrogens with two attached hydrogens (primary N) is 1. The molecule has 1 saturated heterocycles. The molecule has 0 bridgehead atoms. The first kappa shape index (κ1) is 14.8. The second-order valence-electron chi connectivity index (χ2n) is 4.92. The van der Waals surface area contributed by atoms with Crippen LogP contribution >= 0.6 is 0 Å². The summed E-state index contributed by atoms with van der Waals surface area (Å²) in [6, 6.07) is -0.501. The number of nitrogens with zero attached hydrogens (tertiary/aromatic N) is 2. The topological polar surface area (TPSA) is 78.7 Å². The van der Waals surface area contributed by atoms with Crippen molar-refractivity contribution < 1.29 is 9.59 Å². The Bertz CT molecular complexity index is 298. The molecule has 0 aromatic carbocycles. The number of carbonyl (C=O) groups excluding carboxylic acids is 2. The third-order valence-corrected chi connectivity index (χ3v) is 3.21. The van der Waals surface area contributed by atoms with Crippen LogP contribution in [0.5, 0.6) is 0 Å². The van der Waals surface area contributed by atoms with E-state index in [4.69, 9.17) is 5.73 Å². The summed E-state index contributed by atoms with van der Waals surface area (Å²) in [6.07, 6.45) is 0. The molecule has 1 rings (SSSR count). The Hall–Kier alpha value is -1.30. The van der Waals surface area contributed by atoms with Crippen LogP contribution in [0.25, 0.3) is 0 Å². The first-order valence-corrected chi connectivity index (χ1v) is 6.54. The molecule has 1 aliphatic rings. The number of hydrogen-bond donors (Lipinski definition) is 2. The zero-order valence-electron chi connectivity index (χ0n) is 11.5. The number of hydrogen-bond acceptors (Lipinski definition) is 3. The Morgan fingerprint density at radius 3 is 2.11 bits per heavy atom. The van der Waals surface area contributed by atoms with Gasteiger partial charge in [0.1, 0.15) is 0 Å². The van der Waals surface area contributed by atoms with E-state index in [2.05, 4.69) is 5.32 Å². The summed E-state index contributed by atoms with van der Waals surface area (Å²) in [5.74, 6) is 0.125. The molecule has 0 spiro atoms. The van der Waals surface area contributed by atoms with E-state index in [9.17, 15) is 9.59 Å². The van der Waals surface area contributed by atoms with Gasteiger partial charge in [-0.15, -0.1) is 0 Å². The molecule has 3 N–H and O–H groups in total. The minimum Gasteiger partial charge on any atom is -0.338 e. The molecule has 104 valence electrons. The fourth-order valence-corrected chi connectivity index (χ4v) is 1.89. The predicted molar refractivity (Wildman–Crippen MR) is 70.0 cm³/mol. The Morgan fingerprint density at radius 1 is 1.17 bits per heavy atom. The van der Waals surface area contributed by atoms with Crippen molar-refractivity contribution in [1.82, 2.24) is 15.1 Å². The van der Waals surface area contributed by atoms with Crippen LogP contribution in [0.1, 0.15) is 20.8 Å². The van der Waals surface area contributed by atoms with Gasteiger partial charge in [0.15, 0.2) is 0 Å². The smallest absolute Gasteiger partial charge is 0.317 e. The Balaban J connectivity index is 2.44. The van der Waals surface area contributed by atoms with E-state index in [1.165, 1.54) is 0 Å². The van der Waals surface area contributed by atoms with Crippen molar-refractivity contribution in [3.05, 3.63) is 0 Å². The van der Waals surface area contributed by atoms with E-state index in [0.29, 0.717) is 32.7 Å². The van der Waals surface area contributed by atoms with Crippen molar-refractivity contribution in [2.45, 2.75) is 26.8 Å². The molecular weight excluding hydrogens is 232 g/mol. The molecule has 0 unspecified atom stereocenters. The van der Waals surface area contributed by atoms with Crippen molar-refractivity contribution in [1.29, 1.82) is 0 Å². The largest absolute Gasteiger partial charge is 0.338 e. The van der Waals surface area contributed by atoms with Crippen LogP contribution in [0.4, 0.5) is 4.79 Å². The molecule has 1 aliphatic heterocycles. The first-order chi connectivity index (χ1) is 8.47. The lowest BCUT2D eigenvalue weighted by molar-refractivity contribution is -0.135. The van der Waals surface area contributed by atoms with Gasteiger partial charge < -0.3 is 20.9 Å². The summed E-state index contributed by atoms with van der Waals surface area (Å²) in [5.41, 5.74) is 5.85. The molecule has 1 heterocycles. The fourth-order valence-electron chi connectivity index (χ4n) is 1.89. The van der Waals surface area contributed by atoms with Crippen molar-refractivity contribution in [2.75, 3.05) is 32.7 Å². The molecule has 0 saturated carbocycles. The van der Waals surface area contributed by atoms with Crippen LogP contribution in [-0.4, -0.2) is 60.5 Å². The Labute approximate surface area is 108 Å². The molecule has 1 atom stereocenters. The number of nitrogens with one attached hydrogen (secondary N) is 1. The lowest BCUT2D eigenvalue weighted by Gasteiger charge is -2.36. The zero-order chi connectivity index (χ0) is 13.7. The van der Waals surface area contributed by atoms with Crippen molar-refractivity contribution in [2.24, 2.45) is 11.7 Å². The summed E-state index contributed by atoms with van der Waals surface area (Å²) in [6.45, 7) is 8.66. The highest BCUT2D eigenvalue weighted by atomic mass is 16.2. The molecule has 0 aliphatic carbocycles. The molecule has 1 fully saturated rings. The van der Waals surface area contributed by atoms with E-state index in [1.54, 1.807) is 9.80 Å². The van der Waals surface area contributed by atoms with E-state index < -0.39 is 6.04 Å². The molecule has 0 radical (unpaired) electrons. The average molecular weight is 256 g/mol. The maximum atomic E-state index is 12.0. The van der Waals surface area contributed by atoms with E-state index in [-0.39, 0.29) is 17.9 Å². The van der Waals surface area contributed by atoms with Gasteiger partial charge in [0, 0.05) is 32.7 Å². The van der Waals surface area contributed by atoms with Crippen molar-refractivity contribution in [3.63, 3.8) is 0 Å². The zero-order valence-corrected chi connectivity index (χ0v) is 11.5. The highest BCUT2D eigenvalue weighted by Crippen LogP contribution is 2.07.